The Kier molecular flexibility index (Phi) is 3.03. The molecule has 1 aliphatic heterocycles. The van der Waals surface area contributed by atoms with Crippen LogP contribution in [0.1, 0.15) is 38.5 Å². The number of rotatable bonds is 0. The maximum Gasteiger partial charge on any atom is 0.0587 e. The van der Waals surface area contributed by atoms with E-state index in [1.807, 2.05) is 0 Å². The minimum absolute atomic E-state index is 0.352. The highest BCUT2D eigenvalue weighted by Gasteiger charge is 2.33. The fourth-order valence-electron chi connectivity index (χ4n) is 3.16. The van der Waals surface area contributed by atoms with E-state index in [4.69, 9.17) is 0 Å². The minimum Gasteiger partial charge on any atom is -0.383 e. The second-order valence-electron chi connectivity index (χ2n) is 5.33. The van der Waals surface area contributed by atoms with Gasteiger partial charge in [-0.2, -0.15) is 0 Å². The van der Waals surface area contributed by atoms with Crippen molar-refractivity contribution >= 4 is 27.3 Å². The largest absolute Gasteiger partial charge is 0.383 e. The molecule has 1 heterocycles. The number of halogens is 1. The van der Waals surface area contributed by atoms with E-state index in [0.29, 0.717) is 5.54 Å². The van der Waals surface area contributed by atoms with E-state index in [2.05, 4.69) is 44.8 Å². The maximum absolute atomic E-state index is 3.82. The van der Waals surface area contributed by atoms with Crippen LogP contribution in [0.25, 0.3) is 0 Å². The topological polar surface area (TPSA) is 24.1 Å². The highest BCUT2D eigenvalue weighted by molar-refractivity contribution is 9.10. The quantitative estimate of drug-likeness (QED) is 0.742. The zero-order chi connectivity index (χ0) is 11.7. The van der Waals surface area contributed by atoms with Gasteiger partial charge in [-0.1, -0.05) is 35.2 Å². The van der Waals surface area contributed by atoms with Crippen LogP contribution in [0, 0.1) is 0 Å². The molecule has 0 radical (unpaired) electrons. The summed E-state index contributed by atoms with van der Waals surface area (Å²) in [6.45, 7) is 1.08. The Hall–Kier alpha value is -0.700. The predicted octanol–water partition coefficient (Wildman–Crippen LogP) is 4.38. The van der Waals surface area contributed by atoms with Gasteiger partial charge in [-0.05, 0) is 37.5 Å². The van der Waals surface area contributed by atoms with E-state index >= 15 is 0 Å². The zero-order valence-electron chi connectivity index (χ0n) is 10.1. The van der Waals surface area contributed by atoms with E-state index < -0.39 is 0 Å². The first-order valence-electron chi connectivity index (χ1n) is 6.59. The molecule has 2 N–H and O–H groups in total. The summed E-state index contributed by atoms with van der Waals surface area (Å²) in [4.78, 5) is 0. The number of benzene rings is 1. The first-order chi connectivity index (χ1) is 8.27. The molecule has 17 heavy (non-hydrogen) atoms. The van der Waals surface area contributed by atoms with Gasteiger partial charge in [-0.25, -0.2) is 0 Å². The fourth-order valence-corrected chi connectivity index (χ4v) is 3.52. The lowest BCUT2D eigenvalue weighted by atomic mass is 9.79. The van der Waals surface area contributed by atoms with E-state index in [1.54, 1.807) is 0 Å². The van der Waals surface area contributed by atoms with Gasteiger partial charge >= 0.3 is 0 Å². The van der Waals surface area contributed by atoms with Gasteiger partial charge in [-0.3, -0.25) is 0 Å². The van der Waals surface area contributed by atoms with Crippen molar-refractivity contribution in [3.05, 3.63) is 22.7 Å². The third-order valence-electron chi connectivity index (χ3n) is 4.11. The first kappa shape index (κ1) is 11.4. The third kappa shape index (κ3) is 2.30. The summed E-state index contributed by atoms with van der Waals surface area (Å²) >= 11 is 3.54. The third-order valence-corrected chi connectivity index (χ3v) is 4.60. The van der Waals surface area contributed by atoms with Crippen molar-refractivity contribution in [2.45, 2.75) is 44.1 Å². The molecule has 2 nitrogen and oxygen atoms in total. The number of hydrogen-bond acceptors (Lipinski definition) is 2. The maximum atomic E-state index is 3.82. The summed E-state index contributed by atoms with van der Waals surface area (Å²) in [5, 5.41) is 7.36. The van der Waals surface area contributed by atoms with Gasteiger partial charge in [0.05, 0.1) is 11.4 Å². The van der Waals surface area contributed by atoms with E-state index in [-0.39, 0.29) is 0 Å². The smallest absolute Gasteiger partial charge is 0.0587 e. The molecule has 0 bridgehead atoms. The van der Waals surface area contributed by atoms with Crippen molar-refractivity contribution < 1.29 is 0 Å². The van der Waals surface area contributed by atoms with Crippen molar-refractivity contribution in [1.29, 1.82) is 0 Å². The molecule has 1 aromatic carbocycles. The SMILES string of the molecule is Brc1ccc2c(c1)NCCC1(CCCCC1)N2. The molecule has 1 aromatic rings. The van der Waals surface area contributed by atoms with Gasteiger partial charge < -0.3 is 10.6 Å². The second-order valence-corrected chi connectivity index (χ2v) is 6.25. The Morgan fingerprint density at radius 2 is 1.82 bits per heavy atom. The summed E-state index contributed by atoms with van der Waals surface area (Å²) in [5.41, 5.74) is 2.86. The van der Waals surface area contributed by atoms with Crippen LogP contribution in [0.5, 0.6) is 0 Å². The molecule has 1 spiro atoms. The molecule has 1 aliphatic carbocycles. The van der Waals surface area contributed by atoms with Crippen LogP contribution in [-0.4, -0.2) is 12.1 Å². The summed E-state index contributed by atoms with van der Waals surface area (Å²) in [6, 6.07) is 6.48. The molecule has 0 atom stereocenters. The lowest BCUT2D eigenvalue weighted by Gasteiger charge is -2.38. The van der Waals surface area contributed by atoms with Crippen molar-refractivity contribution in [1.82, 2.24) is 0 Å². The van der Waals surface area contributed by atoms with Crippen molar-refractivity contribution in [3.8, 4) is 0 Å². The Morgan fingerprint density at radius 1 is 1.00 bits per heavy atom. The normalized spacial score (nSPS) is 22.2. The van der Waals surface area contributed by atoms with Crippen molar-refractivity contribution in [2.75, 3.05) is 17.2 Å². The van der Waals surface area contributed by atoms with Gasteiger partial charge in [0.2, 0.25) is 0 Å². The average molecular weight is 295 g/mol. The zero-order valence-corrected chi connectivity index (χ0v) is 11.6. The molecule has 0 unspecified atom stereocenters. The average Bonchev–Trinajstić information content (AvgIpc) is 2.49. The van der Waals surface area contributed by atoms with Gasteiger partial charge in [0.1, 0.15) is 0 Å². The number of anilines is 2. The van der Waals surface area contributed by atoms with Crippen LogP contribution in [0.4, 0.5) is 11.4 Å². The molecule has 1 fully saturated rings. The van der Waals surface area contributed by atoms with Gasteiger partial charge in [0.25, 0.3) is 0 Å². The molecule has 1 saturated carbocycles. The highest BCUT2D eigenvalue weighted by atomic mass is 79.9. The molecule has 3 heteroatoms. The van der Waals surface area contributed by atoms with Gasteiger partial charge in [-0.15, -0.1) is 0 Å². The predicted molar refractivity (Wildman–Crippen MR) is 76.7 cm³/mol. The van der Waals surface area contributed by atoms with E-state index in [9.17, 15) is 0 Å². The lowest BCUT2D eigenvalue weighted by molar-refractivity contribution is 0.313. The van der Waals surface area contributed by atoms with Crippen LogP contribution in [0.3, 0.4) is 0 Å². The minimum atomic E-state index is 0.352. The summed E-state index contributed by atoms with van der Waals surface area (Å²) < 4.78 is 1.14. The van der Waals surface area contributed by atoms with E-state index in [0.717, 1.165) is 11.0 Å². The highest BCUT2D eigenvalue weighted by Crippen LogP contribution is 2.39. The lowest BCUT2D eigenvalue weighted by Crippen LogP contribution is -2.40. The summed E-state index contributed by atoms with van der Waals surface area (Å²) in [7, 11) is 0. The van der Waals surface area contributed by atoms with Crippen LogP contribution in [0.2, 0.25) is 0 Å². The molecular weight excluding hydrogens is 276 g/mol. The summed E-state index contributed by atoms with van der Waals surface area (Å²) in [5.74, 6) is 0. The first-order valence-corrected chi connectivity index (χ1v) is 7.38. The molecular formula is C14H19BrN2. The Labute approximate surface area is 111 Å². The van der Waals surface area contributed by atoms with Crippen LogP contribution in [-0.2, 0) is 0 Å². The second kappa shape index (κ2) is 4.52. The molecule has 92 valence electrons. The Balaban J connectivity index is 1.90. The number of hydrogen-bond donors (Lipinski definition) is 2. The molecule has 0 aromatic heterocycles. The van der Waals surface area contributed by atoms with Gasteiger partial charge in [0, 0.05) is 16.6 Å². The van der Waals surface area contributed by atoms with Crippen LogP contribution >= 0.6 is 15.9 Å². The number of fused-ring (bicyclic) bond motifs is 1. The monoisotopic (exact) mass is 294 g/mol. The molecule has 3 rings (SSSR count). The van der Waals surface area contributed by atoms with Crippen LogP contribution in [0.15, 0.2) is 22.7 Å². The Morgan fingerprint density at radius 3 is 2.65 bits per heavy atom. The Bertz CT molecular complexity index is 411. The van der Waals surface area contributed by atoms with Gasteiger partial charge in [0.15, 0.2) is 0 Å². The van der Waals surface area contributed by atoms with Crippen molar-refractivity contribution in [2.24, 2.45) is 0 Å². The van der Waals surface area contributed by atoms with Crippen LogP contribution < -0.4 is 10.6 Å². The fraction of sp³-hybridized carbons (Fsp3) is 0.571. The molecule has 0 amide bonds. The molecule has 0 saturated heterocycles. The standard InChI is InChI=1S/C14H19BrN2/c15-11-4-5-12-13(10-11)16-9-8-14(17-12)6-2-1-3-7-14/h4-5,10,16-17H,1-3,6-9H2. The summed E-state index contributed by atoms with van der Waals surface area (Å²) in [6.07, 6.45) is 8.04. The van der Waals surface area contributed by atoms with E-state index in [1.165, 1.54) is 49.9 Å². The number of nitrogens with one attached hydrogen (secondary N) is 2. The van der Waals surface area contributed by atoms with Crippen molar-refractivity contribution in [3.63, 3.8) is 0 Å². The molecule has 2 aliphatic rings.